The lowest BCUT2D eigenvalue weighted by molar-refractivity contribution is -0.384. The molecule has 16 heavy (non-hydrogen) atoms. The van der Waals surface area contributed by atoms with Gasteiger partial charge in [0.25, 0.3) is 5.69 Å². The summed E-state index contributed by atoms with van der Waals surface area (Å²) in [6, 6.07) is 5.13. The molecular formula is C10H12N2O4. The maximum Gasteiger partial charge on any atom is 0.326 e. The fraction of sp³-hybridized carbons (Fsp3) is 0.300. The lowest BCUT2D eigenvalue weighted by Gasteiger charge is -2.23. The van der Waals surface area contributed by atoms with Gasteiger partial charge in [-0.3, -0.25) is 10.1 Å². The predicted molar refractivity (Wildman–Crippen MR) is 58.6 cm³/mol. The number of carbonyl (C=O) groups is 1. The summed E-state index contributed by atoms with van der Waals surface area (Å²) in [5.41, 5.74) is 0.450. The van der Waals surface area contributed by atoms with Gasteiger partial charge in [-0.25, -0.2) is 4.79 Å². The number of non-ortho nitro benzene ring substituents is 1. The zero-order valence-electron chi connectivity index (χ0n) is 8.95. The van der Waals surface area contributed by atoms with Gasteiger partial charge < -0.3 is 10.0 Å². The van der Waals surface area contributed by atoms with Crippen LogP contribution < -0.4 is 4.90 Å². The van der Waals surface area contributed by atoms with Gasteiger partial charge in [0.2, 0.25) is 0 Å². The number of likely N-dealkylation sites (N-methyl/N-ethyl adjacent to an activating group) is 1. The molecule has 1 aromatic carbocycles. The SMILES string of the molecule is CC(C(=O)O)N(C)c1cccc([N+](=O)[O-])c1. The molecule has 0 saturated heterocycles. The number of anilines is 1. The van der Waals surface area contributed by atoms with E-state index in [2.05, 4.69) is 0 Å². The minimum Gasteiger partial charge on any atom is -0.480 e. The Labute approximate surface area is 92.3 Å². The Bertz CT molecular complexity index is 419. The van der Waals surface area contributed by atoms with Crippen molar-refractivity contribution in [3.8, 4) is 0 Å². The lowest BCUT2D eigenvalue weighted by atomic mass is 10.2. The molecule has 1 atom stereocenters. The minimum atomic E-state index is -0.978. The highest BCUT2D eigenvalue weighted by Gasteiger charge is 2.18. The fourth-order valence-corrected chi connectivity index (χ4v) is 1.22. The van der Waals surface area contributed by atoms with Gasteiger partial charge in [0.15, 0.2) is 0 Å². The van der Waals surface area contributed by atoms with E-state index in [0.717, 1.165) is 0 Å². The molecule has 1 aromatic rings. The monoisotopic (exact) mass is 224 g/mol. The molecule has 0 heterocycles. The van der Waals surface area contributed by atoms with E-state index in [4.69, 9.17) is 5.11 Å². The molecule has 1 unspecified atom stereocenters. The summed E-state index contributed by atoms with van der Waals surface area (Å²) in [5, 5.41) is 19.4. The van der Waals surface area contributed by atoms with Crippen molar-refractivity contribution in [2.45, 2.75) is 13.0 Å². The van der Waals surface area contributed by atoms with E-state index in [1.165, 1.54) is 30.0 Å². The van der Waals surface area contributed by atoms with Crippen molar-refractivity contribution in [1.29, 1.82) is 0 Å². The third kappa shape index (κ3) is 2.47. The van der Waals surface area contributed by atoms with E-state index < -0.39 is 16.9 Å². The zero-order valence-corrected chi connectivity index (χ0v) is 8.95. The number of hydrogen-bond acceptors (Lipinski definition) is 4. The van der Waals surface area contributed by atoms with E-state index in [9.17, 15) is 14.9 Å². The topological polar surface area (TPSA) is 83.7 Å². The average Bonchev–Trinajstić information content (AvgIpc) is 2.27. The number of nitro benzene ring substituents is 1. The molecule has 0 radical (unpaired) electrons. The van der Waals surface area contributed by atoms with E-state index in [0.29, 0.717) is 5.69 Å². The van der Waals surface area contributed by atoms with Crippen molar-refractivity contribution >= 4 is 17.3 Å². The number of hydrogen-bond donors (Lipinski definition) is 1. The van der Waals surface area contributed by atoms with Crippen LogP contribution in [0.3, 0.4) is 0 Å². The average molecular weight is 224 g/mol. The Kier molecular flexibility index (Phi) is 3.44. The first-order valence-corrected chi connectivity index (χ1v) is 4.63. The number of carboxylic acid groups (broad SMARTS) is 1. The zero-order chi connectivity index (χ0) is 12.3. The normalized spacial score (nSPS) is 11.9. The summed E-state index contributed by atoms with van der Waals surface area (Å²) >= 11 is 0. The maximum atomic E-state index is 10.8. The van der Waals surface area contributed by atoms with Crippen LogP contribution in [0.15, 0.2) is 24.3 Å². The molecule has 0 fully saturated rings. The van der Waals surface area contributed by atoms with Gasteiger partial charge in [-0.15, -0.1) is 0 Å². The molecule has 1 rings (SSSR count). The second-order valence-electron chi connectivity index (χ2n) is 3.40. The summed E-state index contributed by atoms with van der Waals surface area (Å²) in [4.78, 5) is 22.3. The second-order valence-corrected chi connectivity index (χ2v) is 3.40. The molecule has 0 aliphatic heterocycles. The van der Waals surface area contributed by atoms with Gasteiger partial charge in [-0.1, -0.05) is 6.07 Å². The number of nitrogens with zero attached hydrogens (tertiary/aromatic N) is 2. The predicted octanol–water partition coefficient (Wildman–Crippen LogP) is 1.50. The van der Waals surface area contributed by atoms with Crippen LogP contribution in [0.4, 0.5) is 11.4 Å². The molecular weight excluding hydrogens is 212 g/mol. The third-order valence-corrected chi connectivity index (χ3v) is 2.39. The highest BCUT2D eigenvalue weighted by molar-refractivity contribution is 5.77. The largest absolute Gasteiger partial charge is 0.480 e. The summed E-state index contributed by atoms with van der Waals surface area (Å²) < 4.78 is 0. The van der Waals surface area contributed by atoms with E-state index in [1.54, 1.807) is 13.1 Å². The molecule has 86 valence electrons. The van der Waals surface area contributed by atoms with Crippen molar-refractivity contribution in [3.63, 3.8) is 0 Å². The van der Waals surface area contributed by atoms with Gasteiger partial charge in [0, 0.05) is 24.9 Å². The first-order valence-electron chi connectivity index (χ1n) is 4.63. The van der Waals surface area contributed by atoms with E-state index in [1.807, 2.05) is 0 Å². The summed E-state index contributed by atoms with van der Waals surface area (Å²) in [7, 11) is 1.58. The third-order valence-electron chi connectivity index (χ3n) is 2.39. The Balaban J connectivity index is 3.00. The second kappa shape index (κ2) is 4.61. The maximum absolute atomic E-state index is 10.8. The van der Waals surface area contributed by atoms with Gasteiger partial charge in [-0.2, -0.15) is 0 Å². The Morgan fingerprint density at radius 3 is 2.69 bits per heavy atom. The number of carboxylic acids is 1. The molecule has 6 heteroatoms. The fourth-order valence-electron chi connectivity index (χ4n) is 1.22. The summed E-state index contributed by atoms with van der Waals surface area (Å²) in [6.07, 6.45) is 0. The lowest BCUT2D eigenvalue weighted by Crippen LogP contribution is -2.35. The van der Waals surface area contributed by atoms with Crippen LogP contribution in [0.1, 0.15) is 6.92 Å². The van der Waals surface area contributed by atoms with Crippen molar-refractivity contribution in [2.24, 2.45) is 0 Å². The van der Waals surface area contributed by atoms with Crippen LogP contribution in [0.25, 0.3) is 0 Å². The molecule has 0 aliphatic carbocycles. The van der Waals surface area contributed by atoms with Crippen LogP contribution >= 0.6 is 0 Å². The Hall–Kier alpha value is -2.11. The quantitative estimate of drug-likeness (QED) is 0.619. The molecule has 0 aromatic heterocycles. The van der Waals surface area contributed by atoms with Crippen molar-refractivity contribution in [2.75, 3.05) is 11.9 Å². The van der Waals surface area contributed by atoms with Gasteiger partial charge in [-0.05, 0) is 13.0 Å². The van der Waals surface area contributed by atoms with E-state index >= 15 is 0 Å². The molecule has 6 nitrogen and oxygen atoms in total. The van der Waals surface area contributed by atoms with E-state index in [-0.39, 0.29) is 5.69 Å². The first-order chi connectivity index (χ1) is 7.43. The van der Waals surface area contributed by atoms with Crippen LogP contribution in [0.5, 0.6) is 0 Å². The van der Waals surface area contributed by atoms with Gasteiger partial charge in [0.05, 0.1) is 4.92 Å². The first kappa shape index (κ1) is 12.0. The summed E-state index contributed by atoms with van der Waals surface area (Å²) in [6.45, 7) is 1.52. The van der Waals surface area contributed by atoms with Crippen LogP contribution in [0, 0.1) is 10.1 Å². The Morgan fingerprint density at radius 2 is 2.19 bits per heavy atom. The van der Waals surface area contributed by atoms with Gasteiger partial charge >= 0.3 is 5.97 Å². The van der Waals surface area contributed by atoms with Crippen molar-refractivity contribution in [1.82, 2.24) is 0 Å². The number of rotatable bonds is 4. The molecule has 0 amide bonds. The van der Waals surface area contributed by atoms with Gasteiger partial charge in [0.1, 0.15) is 6.04 Å². The molecule has 0 spiro atoms. The minimum absolute atomic E-state index is 0.0538. The molecule has 1 N–H and O–H groups in total. The van der Waals surface area contributed by atoms with Crippen LogP contribution in [0.2, 0.25) is 0 Å². The van der Waals surface area contributed by atoms with Crippen molar-refractivity contribution in [3.05, 3.63) is 34.4 Å². The van der Waals surface area contributed by atoms with Crippen LogP contribution in [-0.2, 0) is 4.79 Å². The number of aliphatic carboxylic acids is 1. The van der Waals surface area contributed by atoms with Crippen molar-refractivity contribution < 1.29 is 14.8 Å². The Morgan fingerprint density at radius 1 is 1.56 bits per heavy atom. The summed E-state index contributed by atoms with van der Waals surface area (Å²) in [5.74, 6) is -0.978. The highest BCUT2D eigenvalue weighted by Crippen LogP contribution is 2.21. The molecule has 0 bridgehead atoms. The number of benzene rings is 1. The molecule has 0 aliphatic rings. The number of nitro groups is 1. The standard InChI is InChI=1S/C10H12N2O4/c1-7(10(13)14)11(2)8-4-3-5-9(6-8)12(15)16/h3-7H,1-2H3,(H,13,14). The molecule has 0 saturated carbocycles. The smallest absolute Gasteiger partial charge is 0.326 e. The van der Waals surface area contributed by atoms with Crippen LogP contribution in [-0.4, -0.2) is 29.1 Å². The highest BCUT2D eigenvalue weighted by atomic mass is 16.6.